The first-order valence-electron chi connectivity index (χ1n) is 9.76. The van der Waals surface area contributed by atoms with Gasteiger partial charge >= 0.3 is 6.36 Å². The first kappa shape index (κ1) is 23.1. The molecule has 1 saturated heterocycles. The molecule has 0 spiro atoms. The summed E-state index contributed by atoms with van der Waals surface area (Å²) in [7, 11) is -3.31. The number of halogens is 3. The summed E-state index contributed by atoms with van der Waals surface area (Å²) in [5.41, 5.74) is 1.28. The molecule has 3 rings (SSSR count). The molecular formula is C21H23F3N2O4S. The van der Waals surface area contributed by atoms with Crippen LogP contribution in [-0.4, -0.2) is 62.4 Å². The third-order valence-corrected chi connectivity index (χ3v) is 6.81. The molecule has 1 fully saturated rings. The fraction of sp³-hybridized carbons (Fsp3) is 0.381. The maximum Gasteiger partial charge on any atom is 0.573 e. The Bertz CT molecular complexity index is 998. The summed E-state index contributed by atoms with van der Waals surface area (Å²) in [6.07, 6.45) is -4.71. The lowest BCUT2D eigenvalue weighted by Crippen LogP contribution is -2.48. The average molecular weight is 456 g/mol. The van der Waals surface area contributed by atoms with E-state index in [4.69, 9.17) is 0 Å². The molecule has 168 valence electrons. The highest BCUT2D eigenvalue weighted by Crippen LogP contribution is 2.23. The minimum absolute atomic E-state index is 0.000330. The van der Waals surface area contributed by atoms with Gasteiger partial charge in [-0.2, -0.15) is 0 Å². The first-order chi connectivity index (χ1) is 14.6. The molecule has 0 unspecified atom stereocenters. The van der Waals surface area contributed by atoms with E-state index in [1.54, 1.807) is 24.0 Å². The van der Waals surface area contributed by atoms with Crippen LogP contribution in [0.5, 0.6) is 5.75 Å². The van der Waals surface area contributed by atoms with Crippen LogP contribution in [0.1, 0.15) is 22.8 Å². The summed E-state index contributed by atoms with van der Waals surface area (Å²) in [5, 5.41) is 0. The van der Waals surface area contributed by atoms with Crippen LogP contribution in [0.25, 0.3) is 0 Å². The number of amides is 1. The monoisotopic (exact) mass is 456 g/mol. The van der Waals surface area contributed by atoms with Crippen molar-refractivity contribution in [1.29, 1.82) is 0 Å². The van der Waals surface area contributed by atoms with Gasteiger partial charge < -0.3 is 9.64 Å². The van der Waals surface area contributed by atoms with Crippen molar-refractivity contribution in [2.75, 3.05) is 31.9 Å². The van der Waals surface area contributed by atoms with Gasteiger partial charge in [-0.3, -0.25) is 9.69 Å². The van der Waals surface area contributed by atoms with Crippen LogP contribution in [0.15, 0.2) is 53.4 Å². The molecule has 10 heteroatoms. The number of sulfone groups is 1. The Balaban J connectivity index is 1.53. The van der Waals surface area contributed by atoms with E-state index >= 15 is 0 Å². The lowest BCUT2D eigenvalue weighted by molar-refractivity contribution is -0.274. The smallest absolute Gasteiger partial charge is 0.406 e. The van der Waals surface area contributed by atoms with Gasteiger partial charge in [0.1, 0.15) is 5.75 Å². The van der Waals surface area contributed by atoms with Crippen LogP contribution < -0.4 is 4.74 Å². The van der Waals surface area contributed by atoms with Gasteiger partial charge in [-0.1, -0.05) is 19.1 Å². The summed E-state index contributed by atoms with van der Waals surface area (Å²) in [5.74, 6) is -0.418. The van der Waals surface area contributed by atoms with Gasteiger partial charge in [-0.25, -0.2) is 8.42 Å². The van der Waals surface area contributed by atoms with Crippen LogP contribution in [-0.2, 0) is 16.4 Å². The molecular weight excluding hydrogens is 433 g/mol. The number of alkyl halides is 3. The van der Waals surface area contributed by atoms with E-state index in [1.807, 2.05) is 0 Å². The van der Waals surface area contributed by atoms with Gasteiger partial charge in [-0.15, -0.1) is 13.2 Å². The van der Waals surface area contributed by atoms with E-state index in [0.29, 0.717) is 38.3 Å². The van der Waals surface area contributed by atoms with Crippen molar-refractivity contribution in [3.05, 3.63) is 59.7 Å². The third-order valence-electron chi connectivity index (χ3n) is 5.06. The zero-order chi connectivity index (χ0) is 22.6. The molecule has 0 N–H and O–H groups in total. The number of nitrogens with zero attached hydrogens (tertiary/aromatic N) is 2. The summed E-state index contributed by atoms with van der Waals surface area (Å²) >= 11 is 0. The highest BCUT2D eigenvalue weighted by atomic mass is 32.2. The van der Waals surface area contributed by atoms with E-state index in [-0.39, 0.29) is 22.3 Å². The number of rotatable bonds is 6. The van der Waals surface area contributed by atoms with Gasteiger partial charge in [0.25, 0.3) is 5.91 Å². The van der Waals surface area contributed by atoms with E-state index in [0.717, 1.165) is 5.56 Å². The van der Waals surface area contributed by atoms with Crippen molar-refractivity contribution in [1.82, 2.24) is 9.80 Å². The van der Waals surface area contributed by atoms with Crippen LogP contribution in [0.2, 0.25) is 0 Å². The number of ether oxygens (including phenoxy) is 1. The second-order valence-corrected chi connectivity index (χ2v) is 9.47. The van der Waals surface area contributed by atoms with Gasteiger partial charge in [0, 0.05) is 38.3 Å². The van der Waals surface area contributed by atoms with Crippen LogP contribution >= 0.6 is 0 Å². The molecule has 2 aromatic carbocycles. The van der Waals surface area contributed by atoms with Crippen LogP contribution in [0.3, 0.4) is 0 Å². The molecule has 1 aliphatic rings. The van der Waals surface area contributed by atoms with Gasteiger partial charge in [0.15, 0.2) is 9.84 Å². The number of hydrogen-bond acceptors (Lipinski definition) is 5. The number of benzene rings is 2. The highest BCUT2D eigenvalue weighted by molar-refractivity contribution is 7.91. The lowest BCUT2D eigenvalue weighted by atomic mass is 10.1. The Morgan fingerprint density at radius 3 is 2.06 bits per heavy atom. The molecule has 1 aliphatic heterocycles. The summed E-state index contributed by atoms with van der Waals surface area (Å²) in [6.45, 7) is 4.37. The molecule has 6 nitrogen and oxygen atoms in total. The first-order valence-corrected chi connectivity index (χ1v) is 11.4. The van der Waals surface area contributed by atoms with Crippen molar-refractivity contribution in [3.63, 3.8) is 0 Å². The summed E-state index contributed by atoms with van der Waals surface area (Å²) < 4.78 is 64.4. The molecule has 1 amide bonds. The normalized spacial score (nSPS) is 15.7. The number of carbonyl (C=O) groups excluding carboxylic acids is 1. The quantitative estimate of drug-likeness (QED) is 0.667. The van der Waals surface area contributed by atoms with Crippen molar-refractivity contribution in [2.24, 2.45) is 0 Å². The standard InChI is InChI=1S/C21H23F3N2O4S/c1-2-31(28,29)19-9-5-17(6-10-19)20(27)26-13-11-25(12-14-26)15-16-3-7-18(8-4-16)30-21(22,23)24/h3-10H,2,11-15H2,1H3. The van der Waals surface area contributed by atoms with Crippen LogP contribution in [0, 0.1) is 0 Å². The second-order valence-electron chi connectivity index (χ2n) is 7.19. The number of hydrogen-bond donors (Lipinski definition) is 0. The number of piperazine rings is 1. The Morgan fingerprint density at radius 1 is 0.968 bits per heavy atom. The Labute approximate surface area is 179 Å². The maximum absolute atomic E-state index is 12.7. The van der Waals surface area contributed by atoms with Crippen molar-refractivity contribution >= 4 is 15.7 Å². The van der Waals surface area contributed by atoms with Gasteiger partial charge in [0.2, 0.25) is 0 Å². The van der Waals surface area contributed by atoms with Gasteiger partial charge in [0.05, 0.1) is 10.6 Å². The topological polar surface area (TPSA) is 66.9 Å². The Hall–Kier alpha value is -2.59. The predicted octanol–water partition coefficient (Wildman–Crippen LogP) is 3.34. The summed E-state index contributed by atoms with van der Waals surface area (Å²) in [6, 6.07) is 11.7. The fourth-order valence-corrected chi connectivity index (χ4v) is 4.20. The SMILES string of the molecule is CCS(=O)(=O)c1ccc(C(=O)N2CCN(Cc3ccc(OC(F)(F)F)cc3)CC2)cc1. The minimum atomic E-state index is -4.71. The predicted molar refractivity (Wildman–Crippen MR) is 108 cm³/mol. The van der Waals surface area contributed by atoms with E-state index in [9.17, 15) is 26.4 Å². The Morgan fingerprint density at radius 2 is 1.55 bits per heavy atom. The fourth-order valence-electron chi connectivity index (χ4n) is 3.32. The molecule has 0 bridgehead atoms. The second kappa shape index (κ2) is 9.27. The van der Waals surface area contributed by atoms with Crippen LogP contribution in [0.4, 0.5) is 13.2 Å². The van der Waals surface area contributed by atoms with E-state index < -0.39 is 16.2 Å². The average Bonchev–Trinajstić information content (AvgIpc) is 2.74. The maximum atomic E-state index is 12.7. The Kier molecular flexibility index (Phi) is 6.90. The number of carbonyl (C=O) groups is 1. The molecule has 0 aliphatic carbocycles. The zero-order valence-electron chi connectivity index (χ0n) is 16.9. The lowest BCUT2D eigenvalue weighted by Gasteiger charge is -2.34. The highest BCUT2D eigenvalue weighted by Gasteiger charge is 2.31. The molecule has 0 atom stereocenters. The minimum Gasteiger partial charge on any atom is -0.406 e. The van der Waals surface area contributed by atoms with Crippen molar-refractivity contribution in [3.8, 4) is 5.75 Å². The summed E-state index contributed by atoms with van der Waals surface area (Å²) in [4.78, 5) is 16.7. The van der Waals surface area contributed by atoms with E-state index in [2.05, 4.69) is 9.64 Å². The van der Waals surface area contributed by atoms with E-state index in [1.165, 1.54) is 36.4 Å². The van der Waals surface area contributed by atoms with Crippen molar-refractivity contribution < 1.29 is 31.1 Å². The van der Waals surface area contributed by atoms with Gasteiger partial charge in [-0.05, 0) is 42.0 Å². The van der Waals surface area contributed by atoms with Crippen molar-refractivity contribution in [2.45, 2.75) is 24.7 Å². The molecule has 0 radical (unpaired) electrons. The molecule has 0 aromatic heterocycles. The molecule has 1 heterocycles. The molecule has 2 aromatic rings. The molecule has 0 saturated carbocycles. The largest absolute Gasteiger partial charge is 0.573 e. The molecule has 31 heavy (non-hydrogen) atoms. The third kappa shape index (κ3) is 6.20. The zero-order valence-corrected chi connectivity index (χ0v) is 17.7.